The number of hydrogen-bond acceptors (Lipinski definition) is 1. The molecule has 2 aromatic carbocycles. The van der Waals surface area contributed by atoms with Crippen molar-refractivity contribution in [1.82, 2.24) is 0 Å². The smallest absolute Gasteiger partial charge is 0.167 e. The summed E-state index contributed by atoms with van der Waals surface area (Å²) in [6.45, 7) is 1.90. The van der Waals surface area contributed by atoms with Crippen LogP contribution in [0.3, 0.4) is 0 Å². The van der Waals surface area contributed by atoms with Crippen molar-refractivity contribution >= 4 is 0 Å². The van der Waals surface area contributed by atoms with Crippen molar-refractivity contribution in [3.8, 4) is 17.2 Å². The molecule has 0 radical (unpaired) electrons. The number of benzene rings is 2. The predicted molar refractivity (Wildman–Crippen MR) is 61.2 cm³/mol. The molecule has 0 atom stereocenters. The molecule has 0 bridgehead atoms. The lowest BCUT2D eigenvalue weighted by Crippen LogP contribution is -1.94. The molecule has 0 N–H and O–H groups in total. The van der Waals surface area contributed by atoms with Crippen molar-refractivity contribution in [1.29, 1.82) is 5.26 Å². The van der Waals surface area contributed by atoms with Gasteiger partial charge in [0.15, 0.2) is 11.6 Å². The molecule has 84 valence electrons. The third-order valence-electron chi connectivity index (χ3n) is 2.56. The van der Waals surface area contributed by atoms with Crippen molar-refractivity contribution in [2.24, 2.45) is 0 Å². The van der Waals surface area contributed by atoms with E-state index in [4.69, 9.17) is 5.26 Å². The second kappa shape index (κ2) is 4.34. The summed E-state index contributed by atoms with van der Waals surface area (Å²) in [6.07, 6.45) is 0. The molecule has 0 amide bonds. The highest BCUT2D eigenvalue weighted by Gasteiger charge is 2.14. The highest BCUT2D eigenvalue weighted by Crippen LogP contribution is 2.28. The number of nitrogens with zero attached hydrogens (tertiary/aromatic N) is 1. The largest absolute Gasteiger partial charge is 0.204 e. The van der Waals surface area contributed by atoms with E-state index >= 15 is 0 Å². The Morgan fingerprint density at radius 3 is 2.24 bits per heavy atom. The fourth-order valence-corrected chi connectivity index (χ4v) is 1.65. The first-order chi connectivity index (χ1) is 8.13. The summed E-state index contributed by atoms with van der Waals surface area (Å²) in [5, 5.41) is 8.91. The van der Waals surface area contributed by atoms with Gasteiger partial charge in [0.1, 0.15) is 0 Å². The van der Waals surface area contributed by atoms with Crippen molar-refractivity contribution in [2.45, 2.75) is 6.92 Å². The molecule has 0 fully saturated rings. The van der Waals surface area contributed by atoms with Crippen LogP contribution in [-0.4, -0.2) is 0 Å². The lowest BCUT2D eigenvalue weighted by atomic mass is 9.98. The van der Waals surface area contributed by atoms with Gasteiger partial charge in [-0.1, -0.05) is 29.8 Å². The number of nitriles is 1. The van der Waals surface area contributed by atoms with E-state index in [-0.39, 0.29) is 11.1 Å². The van der Waals surface area contributed by atoms with Crippen LogP contribution < -0.4 is 0 Å². The molecule has 17 heavy (non-hydrogen) atoms. The second-order valence-electron chi connectivity index (χ2n) is 3.76. The summed E-state index contributed by atoms with van der Waals surface area (Å²) in [7, 11) is 0. The first-order valence-corrected chi connectivity index (χ1v) is 5.08. The van der Waals surface area contributed by atoms with Crippen LogP contribution in [0, 0.1) is 29.9 Å². The molecule has 0 aliphatic carbocycles. The van der Waals surface area contributed by atoms with E-state index in [1.54, 1.807) is 24.3 Å². The summed E-state index contributed by atoms with van der Waals surface area (Å²) < 4.78 is 26.9. The van der Waals surface area contributed by atoms with Crippen LogP contribution in [0.4, 0.5) is 8.78 Å². The number of halogens is 2. The Morgan fingerprint density at radius 1 is 1.00 bits per heavy atom. The van der Waals surface area contributed by atoms with E-state index in [0.29, 0.717) is 5.56 Å². The number of aryl methyl sites for hydroxylation is 1. The van der Waals surface area contributed by atoms with Gasteiger partial charge in [-0.25, -0.2) is 8.78 Å². The van der Waals surface area contributed by atoms with E-state index in [1.807, 2.05) is 13.0 Å². The summed E-state index contributed by atoms with van der Waals surface area (Å²) in [6, 6.07) is 11.1. The third kappa shape index (κ3) is 2.02. The molecule has 0 saturated carbocycles. The van der Waals surface area contributed by atoms with Gasteiger partial charge in [-0.3, -0.25) is 0 Å². The van der Waals surface area contributed by atoms with Gasteiger partial charge in [0.2, 0.25) is 0 Å². The zero-order chi connectivity index (χ0) is 12.4. The Balaban J connectivity index is 2.70. The van der Waals surface area contributed by atoms with E-state index in [0.717, 1.165) is 11.6 Å². The maximum absolute atomic E-state index is 13.7. The van der Waals surface area contributed by atoms with E-state index in [9.17, 15) is 8.78 Å². The highest BCUT2D eigenvalue weighted by molar-refractivity contribution is 5.71. The minimum absolute atomic E-state index is 0.0208. The molecular weight excluding hydrogens is 220 g/mol. The molecule has 1 nitrogen and oxygen atoms in total. The molecule has 0 heterocycles. The summed E-state index contributed by atoms with van der Waals surface area (Å²) >= 11 is 0. The average molecular weight is 229 g/mol. The van der Waals surface area contributed by atoms with Crippen molar-refractivity contribution in [3.05, 3.63) is 59.2 Å². The number of hydrogen-bond donors (Lipinski definition) is 0. The van der Waals surface area contributed by atoms with Gasteiger partial charge in [0.25, 0.3) is 0 Å². The minimum atomic E-state index is -0.979. The second-order valence-corrected chi connectivity index (χ2v) is 3.76. The van der Waals surface area contributed by atoms with Gasteiger partial charge in [-0.2, -0.15) is 5.26 Å². The lowest BCUT2D eigenvalue weighted by Gasteiger charge is -2.07. The van der Waals surface area contributed by atoms with Gasteiger partial charge in [0.05, 0.1) is 11.6 Å². The first kappa shape index (κ1) is 11.3. The van der Waals surface area contributed by atoms with Crippen molar-refractivity contribution in [2.75, 3.05) is 0 Å². The molecule has 3 heteroatoms. The zero-order valence-electron chi connectivity index (χ0n) is 9.17. The summed E-state index contributed by atoms with van der Waals surface area (Å²) in [5.74, 6) is -1.92. The van der Waals surface area contributed by atoms with Gasteiger partial charge in [-0.15, -0.1) is 0 Å². The molecule has 0 aliphatic heterocycles. The molecule has 0 aromatic heterocycles. The average Bonchev–Trinajstić information content (AvgIpc) is 2.34. The first-order valence-electron chi connectivity index (χ1n) is 5.08. The SMILES string of the molecule is Cc1ccc(-c2c(C#N)ccc(F)c2F)cc1. The monoisotopic (exact) mass is 229 g/mol. The normalized spacial score (nSPS) is 10.0. The highest BCUT2D eigenvalue weighted by atomic mass is 19.2. The molecule has 0 spiro atoms. The Kier molecular flexibility index (Phi) is 2.88. The summed E-state index contributed by atoms with van der Waals surface area (Å²) in [4.78, 5) is 0. The van der Waals surface area contributed by atoms with Crippen molar-refractivity contribution < 1.29 is 8.78 Å². The molecule has 2 rings (SSSR count). The quantitative estimate of drug-likeness (QED) is 0.729. The lowest BCUT2D eigenvalue weighted by molar-refractivity contribution is 0.511. The topological polar surface area (TPSA) is 23.8 Å². The maximum atomic E-state index is 13.7. The van der Waals surface area contributed by atoms with Crippen LogP contribution in [0.2, 0.25) is 0 Å². The Hall–Kier alpha value is -2.21. The Morgan fingerprint density at radius 2 is 1.65 bits per heavy atom. The molecule has 2 aromatic rings. The van der Waals surface area contributed by atoms with Crippen LogP contribution in [0.5, 0.6) is 0 Å². The van der Waals surface area contributed by atoms with Crippen molar-refractivity contribution in [3.63, 3.8) is 0 Å². The number of rotatable bonds is 1. The van der Waals surface area contributed by atoms with Crippen LogP contribution in [-0.2, 0) is 0 Å². The van der Waals surface area contributed by atoms with Crippen LogP contribution >= 0.6 is 0 Å². The van der Waals surface area contributed by atoms with Gasteiger partial charge >= 0.3 is 0 Å². The van der Waals surface area contributed by atoms with E-state index in [1.165, 1.54) is 6.07 Å². The van der Waals surface area contributed by atoms with E-state index < -0.39 is 11.6 Å². The third-order valence-corrected chi connectivity index (χ3v) is 2.56. The molecular formula is C14H9F2N. The minimum Gasteiger partial charge on any atom is -0.204 e. The molecule has 0 unspecified atom stereocenters. The summed E-state index contributed by atoms with van der Waals surface area (Å²) in [5.41, 5.74) is 1.67. The fourth-order valence-electron chi connectivity index (χ4n) is 1.65. The van der Waals surface area contributed by atoms with Gasteiger partial charge < -0.3 is 0 Å². The molecule has 0 aliphatic rings. The van der Waals surface area contributed by atoms with Gasteiger partial charge in [-0.05, 0) is 24.6 Å². The van der Waals surface area contributed by atoms with Crippen LogP contribution in [0.1, 0.15) is 11.1 Å². The van der Waals surface area contributed by atoms with E-state index in [2.05, 4.69) is 0 Å². The van der Waals surface area contributed by atoms with Crippen LogP contribution in [0.15, 0.2) is 36.4 Å². The fraction of sp³-hybridized carbons (Fsp3) is 0.0714. The van der Waals surface area contributed by atoms with Gasteiger partial charge in [0, 0.05) is 5.56 Å². The predicted octanol–water partition coefficient (Wildman–Crippen LogP) is 3.81. The Bertz CT molecular complexity index is 595. The maximum Gasteiger partial charge on any atom is 0.167 e. The standard InChI is InChI=1S/C14H9F2N/c1-9-2-4-10(5-3-9)13-11(8-17)6-7-12(15)14(13)16/h2-7H,1H3. The Labute approximate surface area is 97.9 Å². The molecule has 0 saturated heterocycles. The van der Waals surface area contributed by atoms with Crippen LogP contribution in [0.25, 0.3) is 11.1 Å². The zero-order valence-corrected chi connectivity index (χ0v) is 9.17.